The summed E-state index contributed by atoms with van der Waals surface area (Å²) in [5.41, 5.74) is 0.0758. The van der Waals surface area contributed by atoms with Gasteiger partial charge in [-0.25, -0.2) is 9.59 Å². The second-order valence-corrected chi connectivity index (χ2v) is 4.33. The molecular formula is C14H16O7. The first-order chi connectivity index (χ1) is 9.85. The second kappa shape index (κ2) is 7.18. The average molecular weight is 296 g/mol. The summed E-state index contributed by atoms with van der Waals surface area (Å²) in [6.45, 7) is 2.70. The molecule has 1 atom stereocenters. The molecule has 0 aliphatic rings. The minimum Gasteiger partial charge on any atom is -0.515 e. The number of hydrogen-bond donors (Lipinski definition) is 3. The van der Waals surface area contributed by atoms with Crippen LogP contribution in [0.25, 0.3) is 0 Å². The van der Waals surface area contributed by atoms with Crippen LogP contribution in [0.4, 0.5) is 0 Å². The molecule has 1 rings (SSSR count). The van der Waals surface area contributed by atoms with E-state index in [0.717, 1.165) is 12.1 Å². The normalized spacial score (nSPS) is 12.6. The molecule has 1 unspecified atom stereocenters. The minimum absolute atomic E-state index is 0.0247. The molecule has 7 heteroatoms. The van der Waals surface area contributed by atoms with E-state index in [2.05, 4.69) is 0 Å². The van der Waals surface area contributed by atoms with Gasteiger partial charge in [0.1, 0.15) is 12.7 Å². The maximum absolute atomic E-state index is 11.7. The average Bonchev–Trinajstić information content (AvgIpc) is 2.46. The standard InChI is InChI=1S/C14H16O7/c1-8(6-15)13(18)21-9(2)7-20-14(19)10-3-4-11(16)12(17)5-10/h3-6,9,15-17H,7H2,1-2H3/b8-6+. The summed E-state index contributed by atoms with van der Waals surface area (Å²) >= 11 is 0. The Labute approximate surface area is 121 Å². The fourth-order valence-electron chi connectivity index (χ4n) is 1.29. The van der Waals surface area contributed by atoms with Crippen molar-refractivity contribution in [3.63, 3.8) is 0 Å². The van der Waals surface area contributed by atoms with Crippen molar-refractivity contribution in [2.24, 2.45) is 0 Å². The highest BCUT2D eigenvalue weighted by molar-refractivity contribution is 5.90. The summed E-state index contributed by atoms with van der Waals surface area (Å²) < 4.78 is 9.81. The van der Waals surface area contributed by atoms with Gasteiger partial charge >= 0.3 is 11.9 Å². The number of carbonyl (C=O) groups is 2. The van der Waals surface area contributed by atoms with Gasteiger partial charge in [0.05, 0.1) is 17.4 Å². The van der Waals surface area contributed by atoms with Crippen LogP contribution in [0.1, 0.15) is 24.2 Å². The summed E-state index contributed by atoms with van der Waals surface area (Å²) in [6.07, 6.45) is -0.0811. The molecule has 0 saturated heterocycles. The Bertz CT molecular complexity index is 562. The van der Waals surface area contributed by atoms with Crippen LogP contribution in [0, 0.1) is 0 Å². The molecule has 3 N–H and O–H groups in total. The van der Waals surface area contributed by atoms with Gasteiger partial charge in [-0.15, -0.1) is 0 Å². The third kappa shape index (κ3) is 4.72. The maximum atomic E-state index is 11.7. The third-order valence-electron chi connectivity index (χ3n) is 2.48. The van der Waals surface area contributed by atoms with Gasteiger partial charge in [-0.05, 0) is 32.0 Å². The molecule has 0 heterocycles. The molecular weight excluding hydrogens is 280 g/mol. The molecule has 0 amide bonds. The van der Waals surface area contributed by atoms with Crippen LogP contribution >= 0.6 is 0 Å². The van der Waals surface area contributed by atoms with E-state index >= 15 is 0 Å². The number of benzene rings is 1. The lowest BCUT2D eigenvalue weighted by Crippen LogP contribution is -2.22. The monoisotopic (exact) mass is 296 g/mol. The number of phenolic OH excluding ortho intramolecular Hbond substituents is 2. The Morgan fingerprint density at radius 1 is 1.29 bits per heavy atom. The number of hydrogen-bond acceptors (Lipinski definition) is 7. The summed E-state index contributed by atoms with van der Waals surface area (Å²) in [7, 11) is 0. The minimum atomic E-state index is -0.734. The smallest absolute Gasteiger partial charge is 0.338 e. The summed E-state index contributed by atoms with van der Waals surface area (Å²) in [5, 5.41) is 27.1. The lowest BCUT2D eigenvalue weighted by atomic mass is 10.2. The van der Waals surface area contributed by atoms with Gasteiger partial charge in [0.2, 0.25) is 0 Å². The van der Waals surface area contributed by atoms with E-state index in [0.29, 0.717) is 6.26 Å². The van der Waals surface area contributed by atoms with Crippen molar-refractivity contribution in [2.45, 2.75) is 20.0 Å². The van der Waals surface area contributed by atoms with E-state index in [1.165, 1.54) is 19.9 Å². The van der Waals surface area contributed by atoms with Crippen LogP contribution in [0.2, 0.25) is 0 Å². The van der Waals surface area contributed by atoms with Crippen LogP contribution in [-0.2, 0) is 14.3 Å². The highest BCUT2D eigenvalue weighted by Gasteiger charge is 2.15. The van der Waals surface area contributed by atoms with Gasteiger partial charge in [0, 0.05) is 0 Å². The van der Waals surface area contributed by atoms with Gasteiger partial charge in [-0.3, -0.25) is 0 Å². The van der Waals surface area contributed by atoms with Gasteiger partial charge < -0.3 is 24.8 Å². The predicted octanol–water partition coefficient (Wildman–Crippen LogP) is 1.65. The van der Waals surface area contributed by atoms with Crippen LogP contribution in [-0.4, -0.2) is 40.0 Å². The topological polar surface area (TPSA) is 113 Å². The van der Waals surface area contributed by atoms with Crippen molar-refractivity contribution in [1.82, 2.24) is 0 Å². The summed E-state index contributed by atoms with van der Waals surface area (Å²) in [6, 6.07) is 3.50. The zero-order chi connectivity index (χ0) is 16.0. The number of aliphatic hydroxyl groups excluding tert-OH is 1. The van der Waals surface area contributed by atoms with Crippen molar-refractivity contribution in [2.75, 3.05) is 6.61 Å². The number of rotatable bonds is 5. The first-order valence-electron chi connectivity index (χ1n) is 6.06. The lowest BCUT2D eigenvalue weighted by Gasteiger charge is -2.13. The Balaban J connectivity index is 2.52. The first-order valence-corrected chi connectivity index (χ1v) is 6.06. The number of aliphatic hydroxyl groups is 1. The van der Waals surface area contributed by atoms with E-state index < -0.39 is 23.8 Å². The van der Waals surface area contributed by atoms with Gasteiger partial charge in [-0.2, -0.15) is 0 Å². The van der Waals surface area contributed by atoms with Crippen LogP contribution in [0.15, 0.2) is 30.0 Å². The predicted molar refractivity (Wildman–Crippen MR) is 72.0 cm³/mol. The van der Waals surface area contributed by atoms with Gasteiger partial charge in [-0.1, -0.05) is 0 Å². The molecule has 0 saturated carbocycles. The van der Waals surface area contributed by atoms with E-state index in [-0.39, 0.29) is 23.5 Å². The summed E-state index contributed by atoms with van der Waals surface area (Å²) in [5.74, 6) is -2.24. The first kappa shape index (κ1) is 16.4. The van der Waals surface area contributed by atoms with Crippen LogP contribution in [0.5, 0.6) is 11.5 Å². The van der Waals surface area contributed by atoms with E-state index in [1.54, 1.807) is 0 Å². The molecule has 0 fully saturated rings. The molecule has 1 aromatic rings. The molecule has 0 radical (unpaired) electrons. The largest absolute Gasteiger partial charge is 0.515 e. The highest BCUT2D eigenvalue weighted by atomic mass is 16.6. The Morgan fingerprint density at radius 2 is 1.95 bits per heavy atom. The van der Waals surface area contributed by atoms with E-state index in [1.807, 2.05) is 0 Å². The molecule has 0 spiro atoms. The van der Waals surface area contributed by atoms with Gasteiger partial charge in [0.25, 0.3) is 0 Å². The third-order valence-corrected chi connectivity index (χ3v) is 2.48. The van der Waals surface area contributed by atoms with Crippen molar-refractivity contribution < 1.29 is 34.4 Å². The quantitative estimate of drug-likeness (QED) is 0.327. The summed E-state index contributed by atoms with van der Waals surface area (Å²) in [4.78, 5) is 23.0. The molecule has 0 bridgehead atoms. The molecule has 0 aliphatic carbocycles. The maximum Gasteiger partial charge on any atom is 0.338 e. The van der Waals surface area contributed by atoms with Crippen LogP contribution in [0.3, 0.4) is 0 Å². The fourth-order valence-corrected chi connectivity index (χ4v) is 1.29. The zero-order valence-electron chi connectivity index (χ0n) is 11.6. The lowest BCUT2D eigenvalue weighted by molar-refractivity contribution is -0.145. The zero-order valence-corrected chi connectivity index (χ0v) is 11.6. The highest BCUT2D eigenvalue weighted by Crippen LogP contribution is 2.25. The van der Waals surface area contributed by atoms with Crippen molar-refractivity contribution in [3.8, 4) is 11.5 Å². The number of aromatic hydroxyl groups is 2. The molecule has 0 aromatic heterocycles. The molecule has 1 aromatic carbocycles. The Kier molecular flexibility index (Phi) is 5.59. The number of carbonyl (C=O) groups excluding carboxylic acids is 2. The van der Waals surface area contributed by atoms with Crippen LogP contribution < -0.4 is 0 Å². The van der Waals surface area contributed by atoms with Gasteiger partial charge in [0.15, 0.2) is 11.5 Å². The second-order valence-electron chi connectivity index (χ2n) is 4.33. The van der Waals surface area contributed by atoms with Crippen molar-refractivity contribution in [1.29, 1.82) is 0 Å². The molecule has 7 nitrogen and oxygen atoms in total. The number of ether oxygens (including phenoxy) is 2. The van der Waals surface area contributed by atoms with Crippen molar-refractivity contribution >= 4 is 11.9 Å². The number of phenols is 2. The van der Waals surface area contributed by atoms with Crippen molar-refractivity contribution in [3.05, 3.63) is 35.6 Å². The number of esters is 2. The fraction of sp³-hybridized carbons (Fsp3) is 0.286. The molecule has 21 heavy (non-hydrogen) atoms. The Morgan fingerprint density at radius 3 is 2.52 bits per heavy atom. The molecule has 114 valence electrons. The van der Waals surface area contributed by atoms with E-state index in [9.17, 15) is 14.7 Å². The molecule has 0 aliphatic heterocycles. The van der Waals surface area contributed by atoms with E-state index in [4.69, 9.17) is 19.7 Å². The Hall–Kier alpha value is -2.70. The SMILES string of the molecule is C/C(=C\O)C(=O)OC(C)COC(=O)c1ccc(O)c(O)c1.